The molecule has 0 saturated carbocycles. The number of anilines is 1. The maximum Gasteiger partial charge on any atom is 0.335 e. The molecule has 4 heteroatoms. The molecule has 2 rings (SSSR count). The fourth-order valence-electron chi connectivity index (χ4n) is 1.59. The van der Waals surface area contributed by atoms with E-state index in [0.717, 1.165) is 25.3 Å². The zero-order chi connectivity index (χ0) is 10.7. The molecule has 0 aliphatic carbocycles. The van der Waals surface area contributed by atoms with E-state index in [1.54, 1.807) is 24.3 Å². The van der Waals surface area contributed by atoms with Crippen molar-refractivity contribution in [1.82, 2.24) is 0 Å². The number of aromatic carboxylic acids is 1. The molecule has 4 nitrogen and oxygen atoms in total. The molecule has 1 atom stereocenters. The van der Waals surface area contributed by atoms with Crippen LogP contribution in [0.3, 0.4) is 0 Å². The molecule has 0 aromatic heterocycles. The molecular formula is C11H13NO3. The largest absolute Gasteiger partial charge is 0.478 e. The highest BCUT2D eigenvalue weighted by molar-refractivity contribution is 5.87. The Bertz CT molecular complexity index is 341. The van der Waals surface area contributed by atoms with Crippen LogP contribution in [0.5, 0.6) is 0 Å². The minimum atomic E-state index is -0.897. The summed E-state index contributed by atoms with van der Waals surface area (Å²) in [6, 6.07) is 7.10. The third-order valence-electron chi connectivity index (χ3n) is 2.43. The van der Waals surface area contributed by atoms with Crippen molar-refractivity contribution in [2.75, 3.05) is 18.5 Å². The van der Waals surface area contributed by atoms with Crippen LogP contribution in [0.15, 0.2) is 24.3 Å². The Morgan fingerprint density at radius 1 is 1.40 bits per heavy atom. The van der Waals surface area contributed by atoms with Crippen molar-refractivity contribution in [1.29, 1.82) is 0 Å². The fourth-order valence-corrected chi connectivity index (χ4v) is 1.59. The molecule has 1 aliphatic rings. The summed E-state index contributed by atoms with van der Waals surface area (Å²) < 4.78 is 5.23. The quantitative estimate of drug-likeness (QED) is 0.790. The van der Waals surface area contributed by atoms with Crippen LogP contribution in [0.2, 0.25) is 0 Å². The van der Waals surface area contributed by atoms with Gasteiger partial charge in [-0.2, -0.15) is 0 Å². The predicted molar refractivity (Wildman–Crippen MR) is 56.2 cm³/mol. The molecule has 0 amide bonds. The molecule has 2 N–H and O–H groups in total. The minimum absolute atomic E-state index is 0.309. The lowest BCUT2D eigenvalue weighted by atomic mass is 10.2. The van der Waals surface area contributed by atoms with Crippen LogP contribution >= 0.6 is 0 Å². The maximum absolute atomic E-state index is 10.6. The first kappa shape index (κ1) is 9.98. The highest BCUT2D eigenvalue weighted by Gasteiger charge is 2.14. The molecule has 15 heavy (non-hydrogen) atoms. The van der Waals surface area contributed by atoms with Crippen LogP contribution in [0.1, 0.15) is 16.8 Å². The van der Waals surface area contributed by atoms with E-state index >= 15 is 0 Å². The Balaban J connectivity index is 2.00. The summed E-state index contributed by atoms with van der Waals surface area (Å²) in [5.41, 5.74) is 1.25. The number of ether oxygens (including phenoxy) is 1. The lowest BCUT2D eigenvalue weighted by Crippen LogP contribution is -2.18. The van der Waals surface area contributed by atoms with Crippen LogP contribution in [-0.2, 0) is 4.74 Å². The topological polar surface area (TPSA) is 58.6 Å². The number of carbonyl (C=O) groups is 1. The smallest absolute Gasteiger partial charge is 0.335 e. The number of hydrogen-bond donors (Lipinski definition) is 2. The fraction of sp³-hybridized carbons (Fsp3) is 0.364. The van der Waals surface area contributed by atoms with Gasteiger partial charge in [0.25, 0.3) is 0 Å². The molecular weight excluding hydrogens is 194 g/mol. The Labute approximate surface area is 87.9 Å². The van der Waals surface area contributed by atoms with Crippen molar-refractivity contribution >= 4 is 11.7 Å². The first-order valence-corrected chi connectivity index (χ1v) is 4.93. The average Bonchev–Trinajstić information content (AvgIpc) is 2.71. The molecule has 1 aromatic carbocycles. The maximum atomic E-state index is 10.6. The van der Waals surface area contributed by atoms with Gasteiger partial charge in [-0.25, -0.2) is 4.79 Å². The van der Waals surface area contributed by atoms with Gasteiger partial charge in [0, 0.05) is 12.3 Å². The number of nitrogens with one attached hydrogen (secondary N) is 1. The summed E-state index contributed by atoms with van der Waals surface area (Å²) in [6.45, 7) is 1.52. The molecule has 0 spiro atoms. The van der Waals surface area contributed by atoms with Crippen LogP contribution in [0.4, 0.5) is 5.69 Å². The van der Waals surface area contributed by atoms with E-state index in [-0.39, 0.29) is 0 Å². The number of carboxylic acids is 1. The van der Waals surface area contributed by atoms with E-state index in [0.29, 0.717) is 11.6 Å². The zero-order valence-electron chi connectivity index (χ0n) is 8.27. The monoisotopic (exact) mass is 207 g/mol. The molecule has 0 bridgehead atoms. The Morgan fingerprint density at radius 3 is 2.67 bits per heavy atom. The normalized spacial score (nSPS) is 20.1. The summed E-state index contributed by atoms with van der Waals surface area (Å²) in [5, 5.41) is 12.0. The van der Waals surface area contributed by atoms with E-state index in [1.165, 1.54) is 0 Å². The second-order valence-corrected chi connectivity index (χ2v) is 3.59. The van der Waals surface area contributed by atoms with Crippen LogP contribution < -0.4 is 5.32 Å². The second kappa shape index (κ2) is 4.31. The minimum Gasteiger partial charge on any atom is -0.478 e. The van der Waals surface area contributed by atoms with E-state index in [2.05, 4.69) is 5.32 Å². The molecule has 1 saturated heterocycles. The first-order valence-electron chi connectivity index (χ1n) is 4.93. The lowest BCUT2D eigenvalue weighted by molar-refractivity contribution is 0.0697. The first-order chi connectivity index (χ1) is 7.25. The van der Waals surface area contributed by atoms with Crippen LogP contribution in [-0.4, -0.2) is 30.3 Å². The van der Waals surface area contributed by atoms with Gasteiger partial charge >= 0.3 is 5.97 Å². The van der Waals surface area contributed by atoms with Crippen molar-refractivity contribution < 1.29 is 14.6 Å². The predicted octanol–water partition coefficient (Wildman–Crippen LogP) is 1.59. The Morgan fingerprint density at radius 2 is 2.13 bits per heavy atom. The summed E-state index contributed by atoms with van der Waals surface area (Å²) in [6.07, 6.45) is 1.00. The van der Waals surface area contributed by atoms with Crippen LogP contribution in [0, 0.1) is 0 Å². The highest BCUT2D eigenvalue weighted by Crippen LogP contribution is 2.14. The Kier molecular flexibility index (Phi) is 2.87. The van der Waals surface area contributed by atoms with Crippen molar-refractivity contribution in [3.8, 4) is 0 Å². The SMILES string of the molecule is O=C(O)c1ccc(N[C@@H]2CCOC2)cc1. The van der Waals surface area contributed by atoms with Gasteiger partial charge in [-0.15, -0.1) is 0 Å². The van der Waals surface area contributed by atoms with E-state index in [1.807, 2.05) is 0 Å². The molecule has 80 valence electrons. The number of hydrogen-bond acceptors (Lipinski definition) is 3. The highest BCUT2D eigenvalue weighted by atomic mass is 16.5. The van der Waals surface area contributed by atoms with Crippen LogP contribution in [0.25, 0.3) is 0 Å². The van der Waals surface area contributed by atoms with Gasteiger partial charge < -0.3 is 15.2 Å². The Hall–Kier alpha value is -1.55. The summed E-state index contributed by atoms with van der Waals surface area (Å²) >= 11 is 0. The van der Waals surface area contributed by atoms with Gasteiger partial charge in [-0.05, 0) is 30.7 Å². The standard InChI is InChI=1S/C11H13NO3/c13-11(14)8-1-3-9(4-2-8)12-10-5-6-15-7-10/h1-4,10,12H,5-7H2,(H,13,14)/t10-/m1/s1. The molecule has 0 unspecified atom stereocenters. The van der Waals surface area contributed by atoms with Gasteiger partial charge in [0.1, 0.15) is 0 Å². The third-order valence-corrected chi connectivity index (χ3v) is 2.43. The van der Waals surface area contributed by atoms with E-state index in [9.17, 15) is 4.79 Å². The summed E-state index contributed by atoms with van der Waals surface area (Å²) in [5.74, 6) is -0.897. The second-order valence-electron chi connectivity index (χ2n) is 3.59. The zero-order valence-corrected chi connectivity index (χ0v) is 8.27. The lowest BCUT2D eigenvalue weighted by Gasteiger charge is -2.11. The van der Waals surface area contributed by atoms with E-state index in [4.69, 9.17) is 9.84 Å². The van der Waals surface area contributed by atoms with Gasteiger partial charge in [-0.1, -0.05) is 0 Å². The summed E-state index contributed by atoms with van der Waals surface area (Å²) in [7, 11) is 0. The van der Waals surface area contributed by atoms with Crippen molar-refractivity contribution in [2.24, 2.45) is 0 Å². The van der Waals surface area contributed by atoms with Gasteiger partial charge in [0.05, 0.1) is 18.2 Å². The van der Waals surface area contributed by atoms with Gasteiger partial charge in [0.15, 0.2) is 0 Å². The van der Waals surface area contributed by atoms with Crippen molar-refractivity contribution in [3.63, 3.8) is 0 Å². The van der Waals surface area contributed by atoms with Crippen molar-refractivity contribution in [3.05, 3.63) is 29.8 Å². The average molecular weight is 207 g/mol. The van der Waals surface area contributed by atoms with Gasteiger partial charge in [0.2, 0.25) is 0 Å². The molecule has 0 radical (unpaired) electrons. The number of benzene rings is 1. The third kappa shape index (κ3) is 2.47. The number of rotatable bonds is 3. The number of carboxylic acid groups (broad SMARTS) is 1. The summed E-state index contributed by atoms with van der Waals surface area (Å²) in [4.78, 5) is 10.6. The van der Waals surface area contributed by atoms with Gasteiger partial charge in [-0.3, -0.25) is 0 Å². The molecule has 1 aliphatic heterocycles. The molecule has 1 heterocycles. The van der Waals surface area contributed by atoms with Crippen molar-refractivity contribution in [2.45, 2.75) is 12.5 Å². The molecule has 1 fully saturated rings. The molecule has 1 aromatic rings. The van der Waals surface area contributed by atoms with E-state index < -0.39 is 5.97 Å².